The van der Waals surface area contributed by atoms with Crippen LogP contribution in [0.4, 0.5) is 11.5 Å². The van der Waals surface area contributed by atoms with E-state index in [9.17, 15) is 14.4 Å². The fourth-order valence-electron chi connectivity index (χ4n) is 3.21. The Morgan fingerprint density at radius 1 is 1.21 bits per heavy atom. The molecule has 3 rings (SSSR count). The molecule has 1 aromatic carbocycles. The van der Waals surface area contributed by atoms with E-state index in [4.69, 9.17) is 5.73 Å². The van der Waals surface area contributed by atoms with Gasteiger partial charge in [-0.3, -0.25) is 24.1 Å². The second-order valence-electron chi connectivity index (χ2n) is 6.42. The molecule has 3 N–H and O–H groups in total. The molecule has 0 spiro atoms. The molecule has 0 bridgehead atoms. The number of nitrogens with two attached hydrogens (primary N) is 1. The molecule has 0 atom stereocenters. The zero-order chi connectivity index (χ0) is 20.3. The van der Waals surface area contributed by atoms with Crippen molar-refractivity contribution in [2.24, 2.45) is 0 Å². The van der Waals surface area contributed by atoms with Crippen LogP contribution >= 0.6 is 0 Å². The molecule has 2 heterocycles. The van der Waals surface area contributed by atoms with Crippen molar-refractivity contribution in [3.8, 4) is 0 Å². The van der Waals surface area contributed by atoms with Crippen LogP contribution in [0.2, 0.25) is 0 Å². The highest BCUT2D eigenvalue weighted by Gasteiger charge is 2.25. The summed E-state index contributed by atoms with van der Waals surface area (Å²) in [6, 6.07) is 8.90. The molecule has 146 valence electrons. The highest BCUT2D eigenvalue weighted by atomic mass is 16.2. The Hall–Kier alpha value is -3.42. The summed E-state index contributed by atoms with van der Waals surface area (Å²) in [5.41, 5.74) is 6.00. The number of benzene rings is 1. The minimum absolute atomic E-state index is 0.00392. The average Bonchev–Trinajstić information content (AvgIpc) is 2.70. The summed E-state index contributed by atoms with van der Waals surface area (Å²) in [6.45, 7) is 4.33. The Balaban J connectivity index is 2.14. The van der Waals surface area contributed by atoms with Crippen molar-refractivity contribution in [1.29, 1.82) is 0 Å². The molecule has 8 heteroatoms. The molecule has 3 aromatic rings. The van der Waals surface area contributed by atoms with Gasteiger partial charge in [0.25, 0.3) is 11.5 Å². The van der Waals surface area contributed by atoms with E-state index in [-0.39, 0.29) is 24.0 Å². The number of amides is 1. The van der Waals surface area contributed by atoms with Gasteiger partial charge in [-0.15, -0.1) is 0 Å². The third-order valence-electron chi connectivity index (χ3n) is 4.66. The van der Waals surface area contributed by atoms with E-state index in [0.717, 1.165) is 12.8 Å². The van der Waals surface area contributed by atoms with E-state index in [0.29, 0.717) is 23.0 Å². The van der Waals surface area contributed by atoms with Gasteiger partial charge in [0.05, 0.1) is 11.1 Å². The third-order valence-corrected chi connectivity index (χ3v) is 4.66. The summed E-state index contributed by atoms with van der Waals surface area (Å²) < 4.78 is 1.31. The summed E-state index contributed by atoms with van der Waals surface area (Å²) in [5, 5.41) is 0.683. The molecular weight excluding hydrogens is 358 g/mol. The SMILES string of the molecule is CCCCn1c(N)c(N(CC)C(=O)c2ccnc3ccccc23)c(=O)[nH]c1=O. The Kier molecular flexibility index (Phi) is 5.58. The highest BCUT2D eigenvalue weighted by molar-refractivity contribution is 6.14. The van der Waals surface area contributed by atoms with Gasteiger partial charge in [0.15, 0.2) is 5.69 Å². The summed E-state index contributed by atoms with van der Waals surface area (Å²) in [6.07, 6.45) is 3.14. The quantitative estimate of drug-likeness (QED) is 0.679. The van der Waals surface area contributed by atoms with Crippen LogP contribution in [0, 0.1) is 0 Å². The lowest BCUT2D eigenvalue weighted by Crippen LogP contribution is -2.41. The number of aromatic nitrogens is 3. The number of pyridine rings is 1. The number of H-pyrrole nitrogens is 1. The fourth-order valence-corrected chi connectivity index (χ4v) is 3.21. The fraction of sp³-hybridized carbons (Fsp3) is 0.300. The molecule has 8 nitrogen and oxygen atoms in total. The largest absolute Gasteiger partial charge is 0.383 e. The van der Waals surface area contributed by atoms with Gasteiger partial charge in [0, 0.05) is 24.7 Å². The number of aromatic amines is 1. The molecule has 0 aliphatic heterocycles. The average molecular weight is 381 g/mol. The first-order valence-corrected chi connectivity index (χ1v) is 9.27. The van der Waals surface area contributed by atoms with Gasteiger partial charge in [-0.2, -0.15) is 0 Å². The number of nitrogens with one attached hydrogen (secondary N) is 1. The number of anilines is 2. The maximum Gasteiger partial charge on any atom is 0.330 e. The van der Waals surface area contributed by atoms with E-state index in [1.165, 1.54) is 9.47 Å². The summed E-state index contributed by atoms with van der Waals surface area (Å²) in [7, 11) is 0. The zero-order valence-electron chi connectivity index (χ0n) is 15.9. The summed E-state index contributed by atoms with van der Waals surface area (Å²) >= 11 is 0. The molecular formula is C20H23N5O3. The molecule has 2 aromatic heterocycles. The number of carbonyl (C=O) groups is 1. The first kappa shape index (κ1) is 19.3. The number of nitrogens with zero attached hydrogens (tertiary/aromatic N) is 3. The van der Waals surface area contributed by atoms with Crippen molar-refractivity contribution in [3.63, 3.8) is 0 Å². The van der Waals surface area contributed by atoms with E-state index in [2.05, 4.69) is 9.97 Å². The van der Waals surface area contributed by atoms with Crippen LogP contribution in [0.25, 0.3) is 10.9 Å². The number of carbonyl (C=O) groups excluding carboxylic acids is 1. The second kappa shape index (κ2) is 8.08. The smallest absolute Gasteiger partial charge is 0.330 e. The normalized spacial score (nSPS) is 10.9. The monoisotopic (exact) mass is 381 g/mol. The van der Waals surface area contributed by atoms with E-state index < -0.39 is 11.2 Å². The number of hydrogen-bond donors (Lipinski definition) is 2. The van der Waals surface area contributed by atoms with Crippen LogP contribution in [0.3, 0.4) is 0 Å². The van der Waals surface area contributed by atoms with Gasteiger partial charge in [-0.25, -0.2) is 4.79 Å². The number of hydrogen-bond acceptors (Lipinski definition) is 5. The van der Waals surface area contributed by atoms with E-state index >= 15 is 0 Å². The number of unbranched alkanes of at least 4 members (excludes halogenated alkanes) is 1. The number of fused-ring (bicyclic) bond motifs is 1. The van der Waals surface area contributed by atoms with Crippen LogP contribution in [0.1, 0.15) is 37.0 Å². The van der Waals surface area contributed by atoms with Gasteiger partial charge >= 0.3 is 5.69 Å². The highest BCUT2D eigenvalue weighted by Crippen LogP contribution is 2.23. The molecule has 1 amide bonds. The Labute approximate surface area is 161 Å². The van der Waals surface area contributed by atoms with Crippen molar-refractivity contribution < 1.29 is 4.79 Å². The third kappa shape index (κ3) is 3.40. The standard InChI is InChI=1S/C20H23N5O3/c1-3-5-12-25-17(21)16(18(26)23-20(25)28)24(4-2)19(27)14-10-11-22-15-9-7-6-8-13(14)15/h6-11H,3-5,12,21H2,1-2H3,(H,23,26,28). The van der Waals surface area contributed by atoms with Crippen molar-refractivity contribution in [3.05, 3.63) is 62.9 Å². The Bertz CT molecular complexity index is 1130. The number of rotatable bonds is 6. The van der Waals surface area contributed by atoms with Gasteiger partial charge in [-0.1, -0.05) is 31.5 Å². The van der Waals surface area contributed by atoms with Crippen LogP contribution in [-0.4, -0.2) is 27.0 Å². The first-order chi connectivity index (χ1) is 13.5. The lowest BCUT2D eigenvalue weighted by Gasteiger charge is -2.23. The zero-order valence-corrected chi connectivity index (χ0v) is 15.9. The molecule has 28 heavy (non-hydrogen) atoms. The van der Waals surface area contributed by atoms with E-state index in [1.807, 2.05) is 25.1 Å². The second-order valence-corrected chi connectivity index (χ2v) is 6.42. The molecule has 0 saturated carbocycles. The van der Waals surface area contributed by atoms with Gasteiger partial charge < -0.3 is 10.6 Å². The van der Waals surface area contributed by atoms with Crippen LogP contribution in [0.15, 0.2) is 46.1 Å². The minimum atomic E-state index is -0.677. The molecule has 0 aliphatic rings. The van der Waals surface area contributed by atoms with Crippen LogP contribution in [-0.2, 0) is 6.54 Å². The Morgan fingerprint density at radius 3 is 2.68 bits per heavy atom. The van der Waals surface area contributed by atoms with Crippen LogP contribution in [0.5, 0.6) is 0 Å². The first-order valence-electron chi connectivity index (χ1n) is 9.27. The maximum atomic E-state index is 13.3. The molecule has 0 saturated heterocycles. The maximum absolute atomic E-state index is 13.3. The van der Waals surface area contributed by atoms with Crippen molar-refractivity contribution in [1.82, 2.24) is 14.5 Å². The molecule has 0 fully saturated rings. The van der Waals surface area contributed by atoms with Crippen molar-refractivity contribution in [2.45, 2.75) is 33.2 Å². The number of nitrogen functional groups attached to an aromatic ring is 1. The predicted octanol–water partition coefficient (Wildman–Crippen LogP) is 2.13. The minimum Gasteiger partial charge on any atom is -0.383 e. The van der Waals surface area contributed by atoms with Crippen LogP contribution < -0.4 is 21.9 Å². The lowest BCUT2D eigenvalue weighted by molar-refractivity contribution is 0.0989. The summed E-state index contributed by atoms with van der Waals surface area (Å²) in [5.74, 6) is -0.380. The van der Waals surface area contributed by atoms with Crippen molar-refractivity contribution >= 4 is 28.3 Å². The van der Waals surface area contributed by atoms with Gasteiger partial charge in [-0.05, 0) is 25.5 Å². The molecule has 0 aliphatic carbocycles. The van der Waals surface area contributed by atoms with Crippen molar-refractivity contribution in [2.75, 3.05) is 17.2 Å². The van der Waals surface area contributed by atoms with Gasteiger partial charge in [0.1, 0.15) is 5.82 Å². The topological polar surface area (TPSA) is 114 Å². The Morgan fingerprint density at radius 2 is 1.96 bits per heavy atom. The molecule has 0 unspecified atom stereocenters. The predicted molar refractivity (Wildman–Crippen MR) is 110 cm³/mol. The lowest BCUT2D eigenvalue weighted by atomic mass is 10.1. The summed E-state index contributed by atoms with van der Waals surface area (Å²) in [4.78, 5) is 45.9. The van der Waals surface area contributed by atoms with Gasteiger partial charge in [0.2, 0.25) is 0 Å². The van der Waals surface area contributed by atoms with E-state index in [1.54, 1.807) is 25.3 Å². The number of para-hydroxylation sites is 1. The molecule has 0 radical (unpaired) electrons.